The van der Waals surface area contributed by atoms with Crippen LogP contribution in [0, 0.1) is 17.8 Å². The molecule has 12 heteroatoms. The number of hydrogen-bond acceptors (Lipinski definition) is 10. The zero-order valence-corrected chi connectivity index (χ0v) is 22.9. The summed E-state index contributed by atoms with van der Waals surface area (Å²) in [5.41, 5.74) is 4.75. The zero-order valence-electron chi connectivity index (χ0n) is 22.1. The average molecular weight is 541 g/mol. The lowest BCUT2D eigenvalue weighted by atomic mass is 9.80. The molecule has 0 radical (unpaired) electrons. The van der Waals surface area contributed by atoms with Crippen LogP contribution in [0.3, 0.4) is 0 Å². The SMILES string of the molecule is CC1CCC(Cn2c(C(C)(O)c3cscn3)nc3nc(C4NOC(=O)N4)nc(N[C@H](C)C4CCC4)c32)CC1. The van der Waals surface area contributed by atoms with E-state index in [2.05, 4.69) is 39.5 Å². The molecule has 3 aliphatic rings. The van der Waals surface area contributed by atoms with Crippen molar-refractivity contribution in [1.29, 1.82) is 0 Å². The third kappa shape index (κ3) is 4.73. The van der Waals surface area contributed by atoms with Gasteiger partial charge in [-0.1, -0.05) is 26.2 Å². The molecule has 0 spiro atoms. The highest BCUT2D eigenvalue weighted by molar-refractivity contribution is 7.07. The molecular weight excluding hydrogens is 504 g/mol. The minimum absolute atomic E-state index is 0.207. The second-order valence-electron chi connectivity index (χ2n) is 11.4. The lowest BCUT2D eigenvalue weighted by Crippen LogP contribution is -2.32. The van der Waals surface area contributed by atoms with Crippen LogP contribution in [0.4, 0.5) is 10.6 Å². The predicted molar refractivity (Wildman–Crippen MR) is 143 cm³/mol. The molecule has 11 nitrogen and oxygen atoms in total. The molecule has 4 N–H and O–H groups in total. The Balaban J connectivity index is 1.49. The Morgan fingerprint density at radius 3 is 2.66 bits per heavy atom. The minimum atomic E-state index is -1.41. The van der Waals surface area contributed by atoms with Crippen LogP contribution in [0.25, 0.3) is 11.2 Å². The smallest absolute Gasteiger partial charge is 0.376 e. The lowest BCUT2D eigenvalue weighted by molar-refractivity contribution is 0.0827. The Kier molecular flexibility index (Phi) is 6.73. The number of amides is 1. The number of thiazole rings is 1. The summed E-state index contributed by atoms with van der Waals surface area (Å²) in [6.07, 6.45) is 7.01. The highest BCUT2D eigenvalue weighted by Gasteiger charge is 2.37. The van der Waals surface area contributed by atoms with Crippen LogP contribution in [-0.4, -0.2) is 41.7 Å². The van der Waals surface area contributed by atoms with E-state index in [1.54, 1.807) is 12.4 Å². The first kappa shape index (κ1) is 25.4. The number of aromatic nitrogens is 5. The molecule has 3 atom stereocenters. The van der Waals surface area contributed by atoms with Crippen molar-refractivity contribution < 1.29 is 14.7 Å². The molecule has 2 aliphatic carbocycles. The quantitative estimate of drug-likeness (QED) is 0.331. The molecule has 204 valence electrons. The molecule has 1 amide bonds. The van der Waals surface area contributed by atoms with Crippen LogP contribution in [0.2, 0.25) is 0 Å². The molecule has 2 saturated carbocycles. The monoisotopic (exact) mass is 540 g/mol. The fraction of sp³-hybridized carbons (Fsp3) is 0.654. The normalized spacial score (nSPS) is 26.4. The summed E-state index contributed by atoms with van der Waals surface area (Å²) in [5.74, 6) is 3.29. The van der Waals surface area contributed by atoms with Gasteiger partial charge in [-0.2, -0.15) is 0 Å². The van der Waals surface area contributed by atoms with Gasteiger partial charge < -0.3 is 19.8 Å². The Morgan fingerprint density at radius 1 is 1.24 bits per heavy atom. The van der Waals surface area contributed by atoms with E-state index in [9.17, 15) is 9.90 Å². The van der Waals surface area contributed by atoms with Gasteiger partial charge in [0.1, 0.15) is 11.3 Å². The Morgan fingerprint density at radius 2 is 2.03 bits per heavy atom. The molecule has 4 heterocycles. The number of carbonyl (C=O) groups excluding carboxylic acids is 1. The largest absolute Gasteiger partial charge is 0.427 e. The highest BCUT2D eigenvalue weighted by atomic mass is 32.1. The van der Waals surface area contributed by atoms with Gasteiger partial charge in [0, 0.05) is 18.0 Å². The number of aliphatic hydroxyl groups is 1. The van der Waals surface area contributed by atoms with Crippen molar-refractivity contribution in [2.24, 2.45) is 17.8 Å². The fourth-order valence-corrected chi connectivity index (χ4v) is 6.50. The van der Waals surface area contributed by atoms with E-state index in [1.165, 1.54) is 43.4 Å². The van der Waals surface area contributed by atoms with Gasteiger partial charge in [0.05, 0.1) is 11.2 Å². The Bertz CT molecular complexity index is 1300. The fourth-order valence-electron chi connectivity index (χ4n) is 5.85. The number of fused-ring (bicyclic) bond motifs is 1. The van der Waals surface area contributed by atoms with Gasteiger partial charge in [0.2, 0.25) is 0 Å². The van der Waals surface area contributed by atoms with E-state index < -0.39 is 17.9 Å². The van der Waals surface area contributed by atoms with E-state index in [0.717, 1.165) is 30.8 Å². The topological polar surface area (TPSA) is 139 Å². The second-order valence-corrected chi connectivity index (χ2v) is 12.1. The number of nitrogens with one attached hydrogen (secondary N) is 3. The summed E-state index contributed by atoms with van der Waals surface area (Å²) >= 11 is 1.44. The van der Waals surface area contributed by atoms with E-state index in [0.29, 0.717) is 40.6 Å². The van der Waals surface area contributed by atoms with E-state index in [4.69, 9.17) is 19.8 Å². The van der Waals surface area contributed by atoms with Crippen LogP contribution in [0.15, 0.2) is 10.9 Å². The molecule has 38 heavy (non-hydrogen) atoms. The molecule has 1 aliphatic heterocycles. The number of anilines is 1. The number of imidazole rings is 1. The molecule has 0 aromatic carbocycles. The van der Waals surface area contributed by atoms with Gasteiger partial charge in [-0.05, 0) is 57.3 Å². The summed E-state index contributed by atoms with van der Waals surface area (Å²) in [7, 11) is 0. The molecule has 3 aromatic heterocycles. The van der Waals surface area contributed by atoms with Crippen molar-refractivity contribution >= 4 is 34.4 Å². The summed E-state index contributed by atoms with van der Waals surface area (Å²) in [6, 6.07) is 0.207. The van der Waals surface area contributed by atoms with Crippen LogP contribution >= 0.6 is 11.3 Å². The Labute approximate surface area is 225 Å². The first-order chi connectivity index (χ1) is 18.3. The standard InChI is InChI=1S/C26H36N8O3S/c1-14-7-9-16(10-8-14)11-34-19-20(28-15(2)17-5-4-6-17)29-22(23-32-25(35)37-33-23)30-21(19)31-24(34)26(3,36)18-12-38-13-27-18/h12-17,23,33,36H,4-11H2,1-3H3,(H,32,35)(H,28,29,30)/t14?,15-,16?,23?,26?/m1/s1. The van der Waals surface area contributed by atoms with Crippen molar-refractivity contribution in [1.82, 2.24) is 35.3 Å². The summed E-state index contributed by atoms with van der Waals surface area (Å²) in [5, 5.41) is 20.0. The number of rotatable bonds is 8. The first-order valence-corrected chi connectivity index (χ1v) is 14.6. The van der Waals surface area contributed by atoms with Crippen LogP contribution in [0.5, 0.6) is 0 Å². The highest BCUT2D eigenvalue weighted by Crippen LogP contribution is 2.38. The molecular formula is C26H36N8O3S. The predicted octanol–water partition coefficient (Wildman–Crippen LogP) is 4.21. The van der Waals surface area contributed by atoms with Crippen molar-refractivity contribution in [3.05, 3.63) is 28.2 Å². The maximum Gasteiger partial charge on any atom is 0.427 e. The Hall–Kier alpha value is -2.83. The van der Waals surface area contributed by atoms with Gasteiger partial charge >= 0.3 is 6.09 Å². The zero-order chi connectivity index (χ0) is 26.4. The second kappa shape index (κ2) is 10.0. The van der Waals surface area contributed by atoms with Gasteiger partial charge in [0.25, 0.3) is 0 Å². The summed E-state index contributed by atoms with van der Waals surface area (Å²) < 4.78 is 2.12. The van der Waals surface area contributed by atoms with Crippen LogP contribution in [0.1, 0.15) is 89.2 Å². The van der Waals surface area contributed by atoms with E-state index >= 15 is 0 Å². The molecule has 3 fully saturated rings. The van der Waals surface area contributed by atoms with Crippen LogP contribution < -0.4 is 16.1 Å². The molecule has 3 aromatic rings. The van der Waals surface area contributed by atoms with E-state index in [1.807, 2.05) is 5.38 Å². The first-order valence-electron chi connectivity index (χ1n) is 13.7. The molecule has 1 saturated heterocycles. The number of nitrogens with zero attached hydrogens (tertiary/aromatic N) is 5. The number of hydrogen-bond donors (Lipinski definition) is 4. The van der Waals surface area contributed by atoms with Crippen molar-refractivity contribution in [2.45, 2.75) is 90.1 Å². The van der Waals surface area contributed by atoms with Crippen LogP contribution in [-0.2, 0) is 17.0 Å². The van der Waals surface area contributed by atoms with Crippen molar-refractivity contribution in [2.75, 3.05) is 5.32 Å². The third-order valence-electron chi connectivity index (χ3n) is 8.57. The maximum atomic E-state index is 11.8. The van der Waals surface area contributed by atoms with Gasteiger partial charge in [-0.15, -0.1) is 16.8 Å². The number of hydroxylamine groups is 1. The van der Waals surface area contributed by atoms with Gasteiger partial charge in [0.15, 0.2) is 29.1 Å². The minimum Gasteiger partial charge on any atom is -0.376 e. The molecule has 0 bridgehead atoms. The maximum absolute atomic E-state index is 11.8. The van der Waals surface area contributed by atoms with Crippen molar-refractivity contribution in [3.63, 3.8) is 0 Å². The van der Waals surface area contributed by atoms with Crippen molar-refractivity contribution in [3.8, 4) is 0 Å². The van der Waals surface area contributed by atoms with Gasteiger partial charge in [-0.25, -0.2) is 24.7 Å². The average Bonchev–Trinajstić information content (AvgIpc) is 3.60. The molecule has 2 unspecified atom stereocenters. The third-order valence-corrected chi connectivity index (χ3v) is 9.16. The summed E-state index contributed by atoms with van der Waals surface area (Å²) in [6.45, 7) is 6.97. The molecule has 6 rings (SSSR count). The van der Waals surface area contributed by atoms with E-state index in [-0.39, 0.29) is 6.04 Å². The number of carbonyl (C=O) groups is 1. The van der Waals surface area contributed by atoms with Gasteiger partial charge in [-0.3, -0.25) is 5.32 Å². The lowest BCUT2D eigenvalue weighted by Gasteiger charge is -2.33. The summed E-state index contributed by atoms with van der Waals surface area (Å²) in [4.78, 5) is 35.6.